The number of hydrogen-bond acceptors (Lipinski definition) is 5. The smallest absolute Gasteiger partial charge is 0.230 e. The molecule has 0 aromatic heterocycles. The number of benzene rings is 2. The predicted octanol–water partition coefficient (Wildman–Crippen LogP) is 7.01. The summed E-state index contributed by atoms with van der Waals surface area (Å²) in [6.07, 6.45) is 11.3. The van der Waals surface area contributed by atoms with E-state index in [1.807, 2.05) is 49.9 Å². The van der Waals surface area contributed by atoms with Crippen LogP contribution in [0.15, 0.2) is 54.6 Å². The third-order valence-corrected chi connectivity index (χ3v) is 7.15. The normalized spacial score (nSPS) is 18.6. The zero-order chi connectivity index (χ0) is 29.5. The van der Waals surface area contributed by atoms with E-state index in [9.17, 15) is 14.4 Å². The van der Waals surface area contributed by atoms with Crippen molar-refractivity contribution in [3.05, 3.63) is 71.3 Å². The van der Waals surface area contributed by atoms with Gasteiger partial charge in [-0.25, -0.2) is 0 Å². The lowest BCUT2D eigenvalue weighted by Crippen LogP contribution is -2.36. The molecule has 0 N–H and O–H groups in total. The molecule has 2 fully saturated rings. The van der Waals surface area contributed by atoms with Crippen molar-refractivity contribution >= 4 is 30.2 Å². The van der Waals surface area contributed by atoms with Crippen LogP contribution in [0, 0.1) is 11.8 Å². The molecule has 0 bridgehead atoms. The first kappa shape index (κ1) is 33.1. The Morgan fingerprint density at radius 1 is 0.975 bits per heavy atom. The van der Waals surface area contributed by atoms with Gasteiger partial charge >= 0.3 is 0 Å². The van der Waals surface area contributed by atoms with Crippen LogP contribution in [0.25, 0.3) is 6.08 Å². The van der Waals surface area contributed by atoms with E-state index in [1.54, 1.807) is 27.4 Å². The minimum Gasteiger partial charge on any atom is -0.388 e. The van der Waals surface area contributed by atoms with Crippen LogP contribution in [0.4, 0.5) is 5.69 Å². The summed E-state index contributed by atoms with van der Waals surface area (Å²) in [5.41, 5.74) is 4.07. The number of nitrogens with zero attached hydrogens (tertiary/aromatic N) is 1. The lowest BCUT2D eigenvalue weighted by molar-refractivity contribution is -0.123. The van der Waals surface area contributed by atoms with Gasteiger partial charge in [0.05, 0.1) is 12.1 Å². The Morgan fingerprint density at radius 3 is 2.12 bits per heavy atom. The van der Waals surface area contributed by atoms with E-state index >= 15 is 0 Å². The second-order valence-electron chi connectivity index (χ2n) is 11.5. The van der Waals surface area contributed by atoms with Crippen molar-refractivity contribution in [2.75, 3.05) is 26.2 Å². The van der Waals surface area contributed by atoms with E-state index in [2.05, 4.69) is 29.0 Å². The van der Waals surface area contributed by atoms with Gasteiger partial charge in [-0.1, -0.05) is 61.7 Å². The van der Waals surface area contributed by atoms with Crippen molar-refractivity contribution in [2.24, 2.45) is 11.8 Å². The van der Waals surface area contributed by atoms with Crippen LogP contribution in [0.5, 0.6) is 0 Å². The largest absolute Gasteiger partial charge is 0.388 e. The summed E-state index contributed by atoms with van der Waals surface area (Å²) in [4.78, 5) is 37.1. The van der Waals surface area contributed by atoms with Crippen molar-refractivity contribution in [2.45, 2.75) is 77.4 Å². The average Bonchev–Trinajstić information content (AvgIpc) is 3.76. The second kappa shape index (κ2) is 16.9. The fourth-order valence-corrected chi connectivity index (χ4v) is 4.61. The van der Waals surface area contributed by atoms with Crippen molar-refractivity contribution in [3.63, 3.8) is 0 Å². The minimum absolute atomic E-state index is 0.0417. The number of carbonyl (C=O) groups excluding carboxylic acids is 3. The Kier molecular flexibility index (Phi) is 14.0. The molecule has 1 amide bonds. The molecule has 2 atom stereocenters. The van der Waals surface area contributed by atoms with Crippen molar-refractivity contribution < 1.29 is 23.9 Å². The highest BCUT2D eigenvalue weighted by molar-refractivity contribution is 5.95. The first-order valence-corrected chi connectivity index (χ1v) is 14.2. The summed E-state index contributed by atoms with van der Waals surface area (Å²) >= 11 is 0. The standard InChI is InChI=1S/C27H29NO3.C5H12O.C2H6O/c29-15-5-7-20-6-4-10-25(16-20)28(27(31)23-8-2-1-3-9-23)18-21-11-13-22(14-12-21)26-17-24(26)19-30;1-5(2,3)6-4;1-3-2/h4-7,10-16,19,23-24,26H,1-3,8-9,17-18H2;1-4H3;1-2H3/b7-5+;;. The lowest BCUT2D eigenvalue weighted by atomic mass is 9.88. The number of hydrogen-bond donors (Lipinski definition) is 0. The predicted molar refractivity (Wildman–Crippen MR) is 162 cm³/mol. The van der Waals surface area contributed by atoms with Crippen LogP contribution in [-0.4, -0.2) is 45.4 Å². The number of aldehydes is 2. The monoisotopic (exact) mass is 549 g/mol. The van der Waals surface area contributed by atoms with E-state index in [-0.39, 0.29) is 23.3 Å². The summed E-state index contributed by atoms with van der Waals surface area (Å²) in [6, 6.07) is 16.1. The van der Waals surface area contributed by atoms with Crippen LogP contribution >= 0.6 is 0 Å². The number of allylic oxidation sites excluding steroid dienone is 1. The molecular weight excluding hydrogens is 502 g/mol. The molecule has 2 unspecified atom stereocenters. The zero-order valence-corrected chi connectivity index (χ0v) is 25.1. The van der Waals surface area contributed by atoms with Crippen LogP contribution in [0.1, 0.15) is 81.9 Å². The number of carbonyl (C=O) groups is 3. The molecule has 6 nitrogen and oxygen atoms in total. The highest BCUT2D eigenvalue weighted by Crippen LogP contribution is 2.45. The molecule has 2 aromatic rings. The Balaban J connectivity index is 0.000000544. The van der Waals surface area contributed by atoms with E-state index in [4.69, 9.17) is 4.74 Å². The lowest BCUT2D eigenvalue weighted by Gasteiger charge is -2.30. The number of methoxy groups -OCH3 is 2. The Morgan fingerprint density at radius 2 is 1.60 bits per heavy atom. The molecule has 2 aliphatic carbocycles. The molecule has 0 spiro atoms. The van der Waals surface area contributed by atoms with Gasteiger partial charge < -0.3 is 19.2 Å². The highest BCUT2D eigenvalue weighted by atomic mass is 16.5. The molecule has 4 rings (SSSR count). The SMILES string of the molecule is COC.COC(C)(C)C.O=C/C=C/c1cccc(N(Cc2ccc(C3CC3C=O)cc2)C(=O)C2CCCCC2)c1. The number of anilines is 1. The van der Waals surface area contributed by atoms with E-state index in [0.29, 0.717) is 12.5 Å². The second-order valence-corrected chi connectivity index (χ2v) is 11.5. The fourth-order valence-electron chi connectivity index (χ4n) is 4.61. The van der Waals surface area contributed by atoms with Crippen molar-refractivity contribution in [3.8, 4) is 0 Å². The van der Waals surface area contributed by atoms with Gasteiger partial charge in [-0.05, 0) is 80.9 Å². The molecule has 0 radical (unpaired) electrons. The van der Waals surface area contributed by atoms with Gasteiger partial charge in [0.15, 0.2) is 0 Å². The third kappa shape index (κ3) is 11.2. The fraction of sp³-hybridized carbons (Fsp3) is 0.500. The number of amides is 1. The van der Waals surface area contributed by atoms with Gasteiger partial charge in [0.25, 0.3) is 0 Å². The molecular formula is C34H47NO5. The molecule has 2 saturated carbocycles. The zero-order valence-electron chi connectivity index (χ0n) is 25.1. The quantitative estimate of drug-likeness (QED) is 0.262. The summed E-state index contributed by atoms with van der Waals surface area (Å²) < 4.78 is 9.19. The highest BCUT2D eigenvalue weighted by Gasteiger charge is 2.37. The summed E-state index contributed by atoms with van der Waals surface area (Å²) in [6.45, 7) is 6.57. The minimum atomic E-state index is 0.0417. The van der Waals surface area contributed by atoms with Crippen LogP contribution < -0.4 is 4.90 Å². The van der Waals surface area contributed by atoms with Crippen LogP contribution in [-0.2, 0) is 30.4 Å². The molecule has 40 heavy (non-hydrogen) atoms. The number of ether oxygens (including phenoxy) is 2. The van der Waals surface area contributed by atoms with E-state index in [1.165, 1.54) is 18.1 Å². The first-order valence-electron chi connectivity index (χ1n) is 14.2. The van der Waals surface area contributed by atoms with Gasteiger partial charge in [0.1, 0.15) is 12.6 Å². The summed E-state index contributed by atoms with van der Waals surface area (Å²) in [7, 11) is 4.96. The molecule has 218 valence electrons. The molecule has 2 aliphatic rings. The molecule has 2 aromatic carbocycles. The summed E-state index contributed by atoms with van der Waals surface area (Å²) in [5.74, 6) is 0.774. The van der Waals surface area contributed by atoms with E-state index < -0.39 is 0 Å². The van der Waals surface area contributed by atoms with Crippen LogP contribution in [0.2, 0.25) is 0 Å². The summed E-state index contributed by atoms with van der Waals surface area (Å²) in [5, 5.41) is 0. The van der Waals surface area contributed by atoms with Gasteiger partial charge in [-0.3, -0.25) is 9.59 Å². The molecule has 6 heteroatoms. The van der Waals surface area contributed by atoms with Gasteiger partial charge in [0, 0.05) is 38.9 Å². The molecule has 0 aliphatic heterocycles. The Hall–Kier alpha value is -3.09. The third-order valence-electron chi connectivity index (χ3n) is 7.15. The first-order chi connectivity index (χ1) is 19.2. The van der Waals surface area contributed by atoms with Gasteiger partial charge in [-0.2, -0.15) is 0 Å². The van der Waals surface area contributed by atoms with Gasteiger partial charge in [0.2, 0.25) is 5.91 Å². The number of rotatable bonds is 8. The topological polar surface area (TPSA) is 72.9 Å². The molecule has 0 saturated heterocycles. The van der Waals surface area contributed by atoms with Crippen LogP contribution in [0.3, 0.4) is 0 Å². The van der Waals surface area contributed by atoms with Crippen molar-refractivity contribution in [1.29, 1.82) is 0 Å². The van der Waals surface area contributed by atoms with E-state index in [0.717, 1.165) is 61.5 Å². The maximum absolute atomic E-state index is 13.5. The van der Waals surface area contributed by atoms with Gasteiger partial charge in [-0.15, -0.1) is 0 Å². The maximum Gasteiger partial charge on any atom is 0.230 e. The Bertz CT molecular complexity index is 1080. The Labute approximate surface area is 240 Å². The average molecular weight is 550 g/mol. The van der Waals surface area contributed by atoms with Crippen molar-refractivity contribution in [1.82, 2.24) is 0 Å². The molecule has 0 heterocycles. The maximum atomic E-state index is 13.5.